The van der Waals surface area contributed by atoms with Crippen LogP contribution in [0.25, 0.3) is 0 Å². The Kier molecular flexibility index (Phi) is 8.45. The van der Waals surface area contributed by atoms with E-state index in [0.717, 1.165) is 5.56 Å². The van der Waals surface area contributed by atoms with Crippen molar-refractivity contribution in [1.82, 2.24) is 5.32 Å². The first-order valence-electron chi connectivity index (χ1n) is 8.96. The molecule has 2 rings (SSSR count). The van der Waals surface area contributed by atoms with Crippen LogP contribution >= 0.6 is 11.6 Å². The molecule has 8 heteroatoms. The van der Waals surface area contributed by atoms with Crippen molar-refractivity contribution in [3.05, 3.63) is 64.2 Å². The second-order valence-electron chi connectivity index (χ2n) is 6.38. The highest BCUT2D eigenvalue weighted by Gasteiger charge is 2.19. The van der Waals surface area contributed by atoms with Crippen LogP contribution in [0.15, 0.2) is 42.5 Å². The second kappa shape index (κ2) is 10.8. The molecule has 0 aliphatic carbocycles. The van der Waals surface area contributed by atoms with Crippen molar-refractivity contribution in [2.75, 3.05) is 27.4 Å². The summed E-state index contributed by atoms with van der Waals surface area (Å²) in [5.74, 6) is -0.893. The molecule has 2 unspecified atom stereocenters. The Balaban J connectivity index is 1.94. The number of aliphatic hydroxyl groups is 1. The molecular weight excluding hydrogens is 398 g/mol. The van der Waals surface area contributed by atoms with Gasteiger partial charge in [-0.1, -0.05) is 23.7 Å². The Morgan fingerprint density at radius 1 is 1.07 bits per heavy atom. The van der Waals surface area contributed by atoms with Crippen LogP contribution in [0.2, 0.25) is 5.02 Å². The smallest absolute Gasteiger partial charge is 0.338 e. The Labute approximate surface area is 174 Å². The number of aliphatic hydroxyl groups excluding tert-OH is 1. The Morgan fingerprint density at radius 3 is 2.41 bits per heavy atom. The second-order valence-corrected chi connectivity index (χ2v) is 6.82. The first-order chi connectivity index (χ1) is 13.8. The maximum atomic E-state index is 11.9. The Bertz CT molecular complexity index is 857. The number of nitrogens with one attached hydrogen (secondary N) is 1. The van der Waals surface area contributed by atoms with Crippen molar-refractivity contribution in [3.63, 3.8) is 0 Å². The van der Waals surface area contributed by atoms with Gasteiger partial charge in [-0.25, -0.2) is 9.59 Å². The van der Waals surface area contributed by atoms with Crippen molar-refractivity contribution < 1.29 is 28.9 Å². The number of ether oxygens (including phenoxy) is 3. The fourth-order valence-electron chi connectivity index (χ4n) is 2.60. The molecule has 0 saturated carbocycles. The molecule has 0 aliphatic rings. The molecule has 156 valence electrons. The van der Waals surface area contributed by atoms with E-state index in [2.05, 4.69) is 10.1 Å². The van der Waals surface area contributed by atoms with Crippen molar-refractivity contribution in [1.29, 1.82) is 0 Å². The van der Waals surface area contributed by atoms with E-state index in [-0.39, 0.29) is 23.8 Å². The molecular formula is C21H24ClNO6. The standard InChI is InChI=1S/C21H24ClNO6/c1-13(23-11-19(24)14-5-4-6-15(22)9-14)12-29-16-7-8-17(20(25)27-2)18(10-16)21(26)28-3/h4-10,13,19,23-24H,11-12H2,1-3H3. The van der Waals surface area contributed by atoms with Gasteiger partial charge in [-0.15, -0.1) is 0 Å². The zero-order chi connectivity index (χ0) is 21.4. The minimum atomic E-state index is -0.707. The highest BCUT2D eigenvalue weighted by molar-refractivity contribution is 6.30. The lowest BCUT2D eigenvalue weighted by molar-refractivity contribution is 0.0555. The van der Waals surface area contributed by atoms with E-state index in [1.807, 2.05) is 6.92 Å². The summed E-state index contributed by atoms with van der Waals surface area (Å²) in [4.78, 5) is 23.8. The molecule has 0 amide bonds. The van der Waals surface area contributed by atoms with E-state index < -0.39 is 18.0 Å². The minimum absolute atomic E-state index is 0.0637. The lowest BCUT2D eigenvalue weighted by Crippen LogP contribution is -2.35. The van der Waals surface area contributed by atoms with Gasteiger partial charge in [0.15, 0.2) is 0 Å². The van der Waals surface area contributed by atoms with Crippen LogP contribution in [0.4, 0.5) is 0 Å². The number of hydrogen-bond acceptors (Lipinski definition) is 7. The molecule has 2 aromatic carbocycles. The van der Waals surface area contributed by atoms with Gasteiger partial charge in [0.25, 0.3) is 0 Å². The third-order valence-electron chi connectivity index (χ3n) is 4.19. The van der Waals surface area contributed by atoms with Gasteiger partial charge in [0.2, 0.25) is 0 Å². The molecule has 0 heterocycles. The lowest BCUT2D eigenvalue weighted by atomic mass is 10.1. The average molecular weight is 422 g/mol. The maximum Gasteiger partial charge on any atom is 0.338 e. The van der Waals surface area contributed by atoms with Gasteiger partial charge < -0.3 is 24.6 Å². The largest absolute Gasteiger partial charge is 0.492 e. The van der Waals surface area contributed by atoms with E-state index in [0.29, 0.717) is 17.3 Å². The minimum Gasteiger partial charge on any atom is -0.492 e. The third kappa shape index (κ3) is 6.45. The van der Waals surface area contributed by atoms with Crippen LogP contribution in [0.5, 0.6) is 5.75 Å². The fraction of sp³-hybridized carbons (Fsp3) is 0.333. The predicted molar refractivity (Wildman–Crippen MR) is 108 cm³/mol. The lowest BCUT2D eigenvalue weighted by Gasteiger charge is -2.18. The molecule has 0 saturated heterocycles. The Hall–Kier alpha value is -2.61. The third-order valence-corrected chi connectivity index (χ3v) is 4.43. The molecule has 0 spiro atoms. The van der Waals surface area contributed by atoms with Crippen molar-refractivity contribution >= 4 is 23.5 Å². The van der Waals surface area contributed by atoms with Gasteiger partial charge in [0.05, 0.1) is 31.5 Å². The summed E-state index contributed by atoms with van der Waals surface area (Å²) in [6.45, 7) is 2.49. The van der Waals surface area contributed by atoms with E-state index in [1.54, 1.807) is 30.3 Å². The van der Waals surface area contributed by atoms with E-state index >= 15 is 0 Å². The molecule has 0 aromatic heterocycles. The summed E-state index contributed by atoms with van der Waals surface area (Å²) < 4.78 is 15.1. The van der Waals surface area contributed by atoms with Crippen LogP contribution < -0.4 is 10.1 Å². The number of halogens is 1. The molecule has 0 bridgehead atoms. The molecule has 2 aromatic rings. The van der Waals surface area contributed by atoms with Gasteiger partial charge in [-0.05, 0) is 42.8 Å². The van der Waals surface area contributed by atoms with Crippen LogP contribution in [-0.2, 0) is 9.47 Å². The summed E-state index contributed by atoms with van der Waals surface area (Å²) in [6.07, 6.45) is -0.707. The molecule has 2 atom stereocenters. The van der Waals surface area contributed by atoms with Crippen LogP contribution in [-0.4, -0.2) is 50.5 Å². The summed E-state index contributed by atoms with van der Waals surface area (Å²) >= 11 is 5.94. The van der Waals surface area contributed by atoms with Crippen LogP contribution in [0, 0.1) is 0 Å². The maximum absolute atomic E-state index is 11.9. The van der Waals surface area contributed by atoms with Gasteiger partial charge in [0, 0.05) is 17.6 Å². The van der Waals surface area contributed by atoms with Gasteiger partial charge in [-0.3, -0.25) is 0 Å². The number of benzene rings is 2. The number of hydrogen-bond donors (Lipinski definition) is 2. The van der Waals surface area contributed by atoms with Crippen LogP contribution in [0.3, 0.4) is 0 Å². The van der Waals surface area contributed by atoms with E-state index in [1.165, 1.54) is 26.4 Å². The number of carbonyl (C=O) groups is 2. The normalized spacial score (nSPS) is 12.7. The zero-order valence-corrected chi connectivity index (χ0v) is 17.2. The fourth-order valence-corrected chi connectivity index (χ4v) is 2.80. The molecule has 0 radical (unpaired) electrons. The number of rotatable bonds is 9. The number of esters is 2. The van der Waals surface area contributed by atoms with Crippen molar-refractivity contribution in [2.45, 2.75) is 19.1 Å². The van der Waals surface area contributed by atoms with E-state index in [9.17, 15) is 14.7 Å². The number of methoxy groups -OCH3 is 2. The first-order valence-corrected chi connectivity index (χ1v) is 9.34. The highest BCUT2D eigenvalue weighted by atomic mass is 35.5. The zero-order valence-electron chi connectivity index (χ0n) is 16.5. The van der Waals surface area contributed by atoms with Gasteiger partial charge in [0.1, 0.15) is 12.4 Å². The first kappa shape index (κ1) is 22.7. The monoisotopic (exact) mass is 421 g/mol. The molecule has 0 aliphatic heterocycles. The quantitative estimate of drug-likeness (QED) is 0.601. The van der Waals surface area contributed by atoms with Crippen molar-refractivity contribution in [2.24, 2.45) is 0 Å². The molecule has 7 nitrogen and oxygen atoms in total. The molecule has 29 heavy (non-hydrogen) atoms. The summed E-state index contributed by atoms with van der Waals surface area (Å²) in [6, 6.07) is 11.4. The highest BCUT2D eigenvalue weighted by Crippen LogP contribution is 2.20. The van der Waals surface area contributed by atoms with Gasteiger partial charge in [-0.2, -0.15) is 0 Å². The van der Waals surface area contributed by atoms with Gasteiger partial charge >= 0.3 is 11.9 Å². The summed E-state index contributed by atoms with van der Waals surface area (Å²) in [5.41, 5.74) is 0.885. The SMILES string of the molecule is COC(=O)c1ccc(OCC(C)NCC(O)c2cccc(Cl)c2)cc1C(=O)OC. The number of carbonyl (C=O) groups excluding carboxylic acids is 2. The van der Waals surface area contributed by atoms with E-state index in [4.69, 9.17) is 21.1 Å². The Morgan fingerprint density at radius 2 is 1.76 bits per heavy atom. The van der Waals surface area contributed by atoms with Crippen molar-refractivity contribution in [3.8, 4) is 5.75 Å². The predicted octanol–water partition coefficient (Wildman–Crippen LogP) is 3.00. The van der Waals surface area contributed by atoms with Crippen LogP contribution in [0.1, 0.15) is 39.3 Å². The topological polar surface area (TPSA) is 94.1 Å². The molecule has 2 N–H and O–H groups in total. The molecule has 0 fully saturated rings. The summed E-state index contributed by atoms with van der Waals surface area (Å²) in [7, 11) is 2.47. The average Bonchev–Trinajstić information content (AvgIpc) is 2.74. The summed E-state index contributed by atoms with van der Waals surface area (Å²) in [5, 5.41) is 14.0.